The van der Waals surface area contributed by atoms with Crippen LogP contribution in [0, 0.1) is 0 Å². The van der Waals surface area contributed by atoms with Crippen LogP contribution in [-0.2, 0) is 0 Å². The number of alkyl halides is 2. The second-order valence-electron chi connectivity index (χ2n) is 3.95. The second kappa shape index (κ2) is 6.30. The van der Waals surface area contributed by atoms with E-state index >= 15 is 0 Å². The number of hydrogen-bond donors (Lipinski definition) is 1. The zero-order chi connectivity index (χ0) is 11.2. The second-order valence-corrected chi connectivity index (χ2v) is 3.95. The Bertz CT molecular complexity index is 149. The topological polar surface area (TPSA) is 15.3 Å². The maximum absolute atomic E-state index is 13.3. The fourth-order valence-electron chi connectivity index (χ4n) is 1.42. The van der Waals surface area contributed by atoms with E-state index in [-0.39, 0.29) is 19.1 Å². The SMILES string of the molecule is CCCN(CC(F)(F)CNC)C(C)C. The number of halogens is 2. The number of hydrogen-bond acceptors (Lipinski definition) is 2. The first-order valence-corrected chi connectivity index (χ1v) is 5.19. The van der Waals surface area contributed by atoms with Gasteiger partial charge in [0.15, 0.2) is 0 Å². The lowest BCUT2D eigenvalue weighted by atomic mass is 10.2. The van der Waals surface area contributed by atoms with E-state index < -0.39 is 5.92 Å². The largest absolute Gasteiger partial charge is 0.314 e. The third-order valence-electron chi connectivity index (χ3n) is 2.11. The normalized spacial score (nSPS) is 12.9. The fraction of sp³-hybridized carbons (Fsp3) is 1.00. The van der Waals surface area contributed by atoms with Crippen LogP contribution in [0.25, 0.3) is 0 Å². The van der Waals surface area contributed by atoms with Gasteiger partial charge >= 0.3 is 0 Å². The Balaban J connectivity index is 4.13. The monoisotopic (exact) mass is 208 g/mol. The highest BCUT2D eigenvalue weighted by Gasteiger charge is 2.31. The molecule has 0 bridgehead atoms. The Labute approximate surface area is 85.7 Å². The van der Waals surface area contributed by atoms with Crippen LogP contribution >= 0.6 is 0 Å². The summed E-state index contributed by atoms with van der Waals surface area (Å²) < 4.78 is 26.5. The minimum Gasteiger partial charge on any atom is -0.314 e. The first-order valence-electron chi connectivity index (χ1n) is 5.19. The molecule has 0 radical (unpaired) electrons. The summed E-state index contributed by atoms with van der Waals surface area (Å²) in [6, 6.07) is 0.178. The molecule has 0 amide bonds. The molecule has 2 nitrogen and oxygen atoms in total. The van der Waals surface area contributed by atoms with Crippen molar-refractivity contribution in [3.63, 3.8) is 0 Å². The van der Waals surface area contributed by atoms with Crippen LogP contribution in [0.2, 0.25) is 0 Å². The molecular formula is C10H22F2N2. The van der Waals surface area contributed by atoms with Gasteiger partial charge in [-0.2, -0.15) is 0 Å². The average molecular weight is 208 g/mol. The third kappa shape index (κ3) is 5.50. The molecule has 0 fully saturated rings. The average Bonchev–Trinajstić information content (AvgIpc) is 2.02. The molecule has 0 aromatic rings. The predicted octanol–water partition coefficient (Wildman–Crippen LogP) is 1.96. The van der Waals surface area contributed by atoms with Gasteiger partial charge in [-0.15, -0.1) is 0 Å². The summed E-state index contributed by atoms with van der Waals surface area (Å²) >= 11 is 0. The lowest BCUT2D eigenvalue weighted by Crippen LogP contribution is -2.45. The van der Waals surface area contributed by atoms with E-state index in [4.69, 9.17) is 0 Å². The highest BCUT2D eigenvalue weighted by molar-refractivity contribution is 4.75. The molecular weight excluding hydrogens is 186 g/mol. The molecule has 0 saturated carbocycles. The molecule has 0 aliphatic rings. The molecule has 1 N–H and O–H groups in total. The smallest absolute Gasteiger partial charge is 0.272 e. The van der Waals surface area contributed by atoms with E-state index in [1.165, 1.54) is 0 Å². The van der Waals surface area contributed by atoms with Crippen LogP contribution in [-0.4, -0.2) is 43.5 Å². The van der Waals surface area contributed by atoms with Crippen LogP contribution in [0.4, 0.5) is 8.78 Å². The van der Waals surface area contributed by atoms with Gasteiger partial charge in [-0.05, 0) is 33.9 Å². The highest BCUT2D eigenvalue weighted by atomic mass is 19.3. The molecule has 0 aliphatic heterocycles. The zero-order valence-electron chi connectivity index (χ0n) is 9.61. The fourth-order valence-corrected chi connectivity index (χ4v) is 1.42. The molecule has 0 atom stereocenters. The molecule has 0 aliphatic carbocycles. The summed E-state index contributed by atoms with van der Waals surface area (Å²) in [7, 11) is 1.55. The van der Waals surface area contributed by atoms with Crippen molar-refractivity contribution < 1.29 is 8.78 Å². The summed E-state index contributed by atoms with van der Waals surface area (Å²) in [6.07, 6.45) is 0.911. The van der Waals surface area contributed by atoms with E-state index in [0.717, 1.165) is 13.0 Å². The van der Waals surface area contributed by atoms with Gasteiger partial charge in [0.25, 0.3) is 5.92 Å². The van der Waals surface area contributed by atoms with Gasteiger partial charge in [0.1, 0.15) is 0 Å². The molecule has 86 valence electrons. The van der Waals surface area contributed by atoms with Crippen molar-refractivity contribution in [2.45, 2.75) is 39.2 Å². The minimum atomic E-state index is -2.63. The Kier molecular flexibility index (Phi) is 6.20. The van der Waals surface area contributed by atoms with Gasteiger partial charge in [0.2, 0.25) is 0 Å². The summed E-state index contributed by atoms with van der Waals surface area (Å²) in [5.74, 6) is -2.63. The molecule has 14 heavy (non-hydrogen) atoms. The molecule has 4 heteroatoms. The van der Waals surface area contributed by atoms with Crippen molar-refractivity contribution in [1.82, 2.24) is 10.2 Å². The zero-order valence-corrected chi connectivity index (χ0v) is 9.61. The van der Waals surface area contributed by atoms with Gasteiger partial charge in [0.05, 0.1) is 13.1 Å². The highest BCUT2D eigenvalue weighted by Crippen LogP contribution is 2.16. The van der Waals surface area contributed by atoms with Gasteiger partial charge in [-0.3, -0.25) is 4.90 Å². The van der Waals surface area contributed by atoms with Crippen LogP contribution in [0.3, 0.4) is 0 Å². The van der Waals surface area contributed by atoms with E-state index in [0.29, 0.717) is 0 Å². The number of nitrogens with zero attached hydrogens (tertiary/aromatic N) is 1. The Morgan fingerprint density at radius 3 is 2.29 bits per heavy atom. The van der Waals surface area contributed by atoms with E-state index in [9.17, 15) is 8.78 Å². The van der Waals surface area contributed by atoms with Crippen LogP contribution in [0.15, 0.2) is 0 Å². The predicted molar refractivity (Wildman–Crippen MR) is 55.9 cm³/mol. The number of rotatable bonds is 7. The lowest BCUT2D eigenvalue weighted by molar-refractivity contribution is -0.0362. The molecule has 0 unspecified atom stereocenters. The van der Waals surface area contributed by atoms with E-state index in [1.54, 1.807) is 7.05 Å². The maximum Gasteiger partial charge on any atom is 0.272 e. The molecule has 0 aromatic carbocycles. The summed E-state index contributed by atoms with van der Waals surface area (Å²) in [6.45, 7) is 6.23. The van der Waals surface area contributed by atoms with Gasteiger partial charge < -0.3 is 5.32 Å². The summed E-state index contributed by atoms with van der Waals surface area (Å²) in [4.78, 5) is 1.82. The van der Waals surface area contributed by atoms with Crippen molar-refractivity contribution >= 4 is 0 Å². The molecule has 0 spiro atoms. The molecule has 0 rings (SSSR count). The van der Waals surface area contributed by atoms with Crippen LogP contribution < -0.4 is 5.32 Å². The van der Waals surface area contributed by atoms with Crippen molar-refractivity contribution in [1.29, 1.82) is 0 Å². The quantitative estimate of drug-likeness (QED) is 0.688. The first-order chi connectivity index (χ1) is 6.43. The molecule has 0 heterocycles. The van der Waals surface area contributed by atoms with E-state index in [1.807, 2.05) is 25.7 Å². The van der Waals surface area contributed by atoms with Crippen molar-refractivity contribution in [2.24, 2.45) is 0 Å². The van der Waals surface area contributed by atoms with Crippen molar-refractivity contribution in [2.75, 3.05) is 26.7 Å². The Morgan fingerprint density at radius 1 is 1.36 bits per heavy atom. The Hall–Kier alpha value is -0.220. The lowest BCUT2D eigenvalue weighted by Gasteiger charge is -2.30. The standard InChI is InChI=1S/C10H22F2N2/c1-5-6-14(9(2)3)8-10(11,12)7-13-4/h9,13H,5-8H2,1-4H3. The van der Waals surface area contributed by atoms with Crippen LogP contribution in [0.5, 0.6) is 0 Å². The van der Waals surface area contributed by atoms with Gasteiger partial charge in [0, 0.05) is 6.04 Å². The minimum absolute atomic E-state index is 0.153. The molecule has 0 saturated heterocycles. The third-order valence-corrected chi connectivity index (χ3v) is 2.11. The van der Waals surface area contributed by atoms with Gasteiger partial charge in [-0.1, -0.05) is 6.92 Å². The van der Waals surface area contributed by atoms with Crippen molar-refractivity contribution in [3.8, 4) is 0 Å². The number of nitrogens with one attached hydrogen (secondary N) is 1. The summed E-state index contributed by atoms with van der Waals surface area (Å²) in [5, 5.41) is 2.52. The first kappa shape index (κ1) is 13.8. The van der Waals surface area contributed by atoms with Crippen molar-refractivity contribution in [3.05, 3.63) is 0 Å². The Morgan fingerprint density at radius 2 is 1.93 bits per heavy atom. The maximum atomic E-state index is 13.3. The van der Waals surface area contributed by atoms with Crippen LogP contribution in [0.1, 0.15) is 27.2 Å². The van der Waals surface area contributed by atoms with E-state index in [2.05, 4.69) is 5.32 Å². The molecule has 0 aromatic heterocycles. The summed E-state index contributed by atoms with van der Waals surface area (Å²) in [5.41, 5.74) is 0. The van der Waals surface area contributed by atoms with Gasteiger partial charge in [-0.25, -0.2) is 8.78 Å².